The van der Waals surface area contributed by atoms with Crippen molar-refractivity contribution < 1.29 is 23.1 Å². The molecule has 2 aromatic rings. The molecule has 0 fully saturated rings. The van der Waals surface area contributed by atoms with E-state index in [1.165, 1.54) is 12.1 Å². The maximum atomic E-state index is 12.7. The van der Waals surface area contributed by atoms with Crippen molar-refractivity contribution >= 4 is 5.78 Å². The maximum Gasteiger partial charge on any atom is 0.416 e. The van der Waals surface area contributed by atoms with Crippen molar-refractivity contribution in [1.82, 2.24) is 0 Å². The van der Waals surface area contributed by atoms with Crippen LogP contribution in [-0.2, 0) is 6.18 Å². The Labute approximate surface area is 145 Å². The molecular weight excluding hydrogens is 329 g/mol. The molecule has 0 bridgehead atoms. The van der Waals surface area contributed by atoms with Gasteiger partial charge < -0.3 is 5.11 Å². The second kappa shape index (κ2) is 6.90. The number of hydrogen-bond donors (Lipinski definition) is 1. The molecule has 0 unspecified atom stereocenters. The number of phenolic OH excluding ortho intramolecular Hbond substituents is 1. The monoisotopic (exact) mass is 350 g/mol. The zero-order chi connectivity index (χ0) is 18.9. The molecule has 0 atom stereocenters. The Kier molecular flexibility index (Phi) is 5.26. The molecule has 2 nitrogen and oxygen atoms in total. The highest BCUT2D eigenvalue weighted by Crippen LogP contribution is 2.35. The molecule has 0 aliphatic heterocycles. The molecule has 134 valence electrons. The van der Waals surface area contributed by atoms with Gasteiger partial charge in [-0.2, -0.15) is 13.2 Å². The van der Waals surface area contributed by atoms with E-state index in [2.05, 4.69) is 0 Å². The Balaban J connectivity index is 2.48. The molecule has 0 radical (unpaired) electrons. The van der Waals surface area contributed by atoms with Crippen LogP contribution in [0.3, 0.4) is 0 Å². The number of rotatable bonds is 4. The van der Waals surface area contributed by atoms with Crippen molar-refractivity contribution in [3.63, 3.8) is 0 Å². The smallest absolute Gasteiger partial charge is 0.416 e. The molecule has 0 aromatic heterocycles. The fourth-order valence-corrected chi connectivity index (χ4v) is 2.67. The summed E-state index contributed by atoms with van der Waals surface area (Å²) in [4.78, 5) is 12.7. The molecule has 0 spiro atoms. The van der Waals surface area contributed by atoms with Gasteiger partial charge in [0.25, 0.3) is 0 Å². The number of phenols is 1. The Hall–Kier alpha value is -2.30. The Morgan fingerprint density at radius 2 is 1.32 bits per heavy atom. The largest absolute Gasteiger partial charge is 0.507 e. The molecule has 0 aliphatic rings. The highest BCUT2D eigenvalue weighted by molar-refractivity contribution is 6.09. The zero-order valence-electron chi connectivity index (χ0n) is 14.6. The van der Waals surface area contributed by atoms with Crippen LogP contribution in [0.15, 0.2) is 36.4 Å². The van der Waals surface area contributed by atoms with Crippen molar-refractivity contribution in [2.45, 2.75) is 45.7 Å². The van der Waals surface area contributed by atoms with Crippen LogP contribution in [0.2, 0.25) is 0 Å². The number of alkyl halides is 3. The number of aromatic hydroxyl groups is 1. The van der Waals surface area contributed by atoms with Gasteiger partial charge in [-0.15, -0.1) is 0 Å². The van der Waals surface area contributed by atoms with E-state index in [-0.39, 0.29) is 28.9 Å². The Morgan fingerprint density at radius 1 is 0.880 bits per heavy atom. The molecule has 0 amide bonds. The van der Waals surface area contributed by atoms with Gasteiger partial charge >= 0.3 is 6.18 Å². The summed E-state index contributed by atoms with van der Waals surface area (Å²) in [6.07, 6.45) is -4.43. The van der Waals surface area contributed by atoms with Gasteiger partial charge in [0.05, 0.1) is 5.56 Å². The third kappa shape index (κ3) is 4.03. The standard InChI is InChI=1S/C20H21F3O2/c1-11(2)16-9-14(10-17(12(3)4)19(16)25)18(24)13-5-7-15(8-6-13)20(21,22)23/h5-12,25H,1-4H3. The van der Waals surface area contributed by atoms with E-state index in [4.69, 9.17) is 0 Å². The second-order valence-corrected chi connectivity index (χ2v) is 6.72. The number of hydrogen-bond acceptors (Lipinski definition) is 2. The van der Waals surface area contributed by atoms with E-state index >= 15 is 0 Å². The van der Waals surface area contributed by atoms with Gasteiger partial charge in [0.2, 0.25) is 0 Å². The van der Waals surface area contributed by atoms with Crippen molar-refractivity contribution in [2.75, 3.05) is 0 Å². The van der Waals surface area contributed by atoms with Crippen molar-refractivity contribution in [3.05, 3.63) is 64.2 Å². The third-order valence-corrected chi connectivity index (χ3v) is 4.15. The topological polar surface area (TPSA) is 37.3 Å². The lowest BCUT2D eigenvalue weighted by atomic mass is 9.89. The molecule has 25 heavy (non-hydrogen) atoms. The maximum absolute atomic E-state index is 12.7. The fraction of sp³-hybridized carbons (Fsp3) is 0.350. The Bertz CT molecular complexity index is 744. The van der Waals surface area contributed by atoms with Gasteiger partial charge in [-0.05, 0) is 47.2 Å². The molecule has 0 saturated heterocycles. The van der Waals surface area contributed by atoms with Gasteiger partial charge in [0.1, 0.15) is 5.75 Å². The van der Waals surface area contributed by atoms with Gasteiger partial charge in [-0.1, -0.05) is 39.8 Å². The zero-order valence-corrected chi connectivity index (χ0v) is 14.6. The van der Waals surface area contributed by atoms with Crippen molar-refractivity contribution in [2.24, 2.45) is 0 Å². The SMILES string of the molecule is CC(C)c1cc(C(=O)c2ccc(C(F)(F)F)cc2)cc(C(C)C)c1O. The first-order valence-corrected chi connectivity index (χ1v) is 8.11. The normalized spacial score (nSPS) is 12.0. The first-order valence-electron chi connectivity index (χ1n) is 8.11. The fourth-order valence-electron chi connectivity index (χ4n) is 2.67. The molecule has 0 aliphatic carbocycles. The quantitative estimate of drug-likeness (QED) is 0.698. The van der Waals surface area contributed by atoms with Crippen LogP contribution in [-0.4, -0.2) is 10.9 Å². The van der Waals surface area contributed by atoms with Crippen LogP contribution < -0.4 is 0 Å². The second-order valence-electron chi connectivity index (χ2n) is 6.72. The van der Waals surface area contributed by atoms with Crippen LogP contribution in [0.5, 0.6) is 5.75 Å². The minimum atomic E-state index is -4.43. The molecule has 5 heteroatoms. The number of ketones is 1. The molecule has 2 aromatic carbocycles. The number of carbonyl (C=O) groups is 1. The van der Waals surface area contributed by atoms with E-state index in [0.717, 1.165) is 12.1 Å². The number of benzene rings is 2. The van der Waals surface area contributed by atoms with Crippen molar-refractivity contribution in [1.29, 1.82) is 0 Å². The van der Waals surface area contributed by atoms with Crippen molar-refractivity contribution in [3.8, 4) is 5.75 Å². The van der Waals surface area contributed by atoms with Gasteiger partial charge in [0.15, 0.2) is 5.78 Å². The summed E-state index contributed by atoms with van der Waals surface area (Å²) < 4.78 is 38.0. The number of halogens is 3. The molecule has 1 N–H and O–H groups in total. The lowest BCUT2D eigenvalue weighted by Crippen LogP contribution is -2.08. The van der Waals surface area contributed by atoms with Crippen LogP contribution in [0.4, 0.5) is 13.2 Å². The molecule has 0 heterocycles. The van der Waals surface area contributed by atoms with E-state index in [0.29, 0.717) is 16.7 Å². The Morgan fingerprint density at radius 3 is 1.68 bits per heavy atom. The molecule has 2 rings (SSSR count). The summed E-state index contributed by atoms with van der Waals surface area (Å²) in [7, 11) is 0. The lowest BCUT2D eigenvalue weighted by Gasteiger charge is -2.17. The third-order valence-electron chi connectivity index (χ3n) is 4.15. The first kappa shape index (κ1) is 19.0. The lowest BCUT2D eigenvalue weighted by molar-refractivity contribution is -0.137. The van der Waals surface area contributed by atoms with E-state index < -0.39 is 11.7 Å². The highest BCUT2D eigenvalue weighted by atomic mass is 19.4. The van der Waals surface area contributed by atoms with Crippen LogP contribution in [0, 0.1) is 0 Å². The van der Waals surface area contributed by atoms with E-state index in [9.17, 15) is 23.1 Å². The average molecular weight is 350 g/mol. The van der Waals surface area contributed by atoms with Crippen LogP contribution >= 0.6 is 0 Å². The summed E-state index contributed by atoms with van der Waals surface area (Å²) in [5.41, 5.74) is 1.07. The summed E-state index contributed by atoms with van der Waals surface area (Å²) in [6.45, 7) is 7.63. The van der Waals surface area contributed by atoms with Crippen LogP contribution in [0.1, 0.15) is 72.1 Å². The predicted molar refractivity (Wildman–Crippen MR) is 91.2 cm³/mol. The van der Waals surface area contributed by atoms with Crippen LogP contribution in [0.25, 0.3) is 0 Å². The molecule has 0 saturated carbocycles. The van der Waals surface area contributed by atoms with Gasteiger partial charge in [0, 0.05) is 11.1 Å². The van der Waals surface area contributed by atoms with E-state index in [1.807, 2.05) is 27.7 Å². The highest BCUT2D eigenvalue weighted by Gasteiger charge is 2.30. The minimum absolute atomic E-state index is 0.0119. The predicted octanol–water partition coefficient (Wildman–Crippen LogP) is 5.89. The first-order chi connectivity index (χ1) is 11.5. The summed E-state index contributed by atoms with van der Waals surface area (Å²) in [5, 5.41) is 10.4. The minimum Gasteiger partial charge on any atom is -0.507 e. The number of carbonyl (C=O) groups excluding carboxylic acids is 1. The summed E-state index contributed by atoms with van der Waals surface area (Å²) in [6, 6.07) is 7.41. The summed E-state index contributed by atoms with van der Waals surface area (Å²) in [5.74, 6) is -0.165. The van der Waals surface area contributed by atoms with Gasteiger partial charge in [-0.25, -0.2) is 0 Å². The van der Waals surface area contributed by atoms with Gasteiger partial charge in [-0.3, -0.25) is 4.79 Å². The molecular formula is C20H21F3O2. The summed E-state index contributed by atoms with van der Waals surface area (Å²) >= 11 is 0. The average Bonchev–Trinajstić information content (AvgIpc) is 2.53. The van der Waals surface area contributed by atoms with E-state index in [1.54, 1.807) is 12.1 Å².